The van der Waals surface area contributed by atoms with E-state index >= 15 is 0 Å². The Labute approximate surface area is 108 Å². The van der Waals surface area contributed by atoms with Gasteiger partial charge >= 0.3 is 0 Å². The van der Waals surface area contributed by atoms with Crippen molar-refractivity contribution < 1.29 is 8.78 Å². The molecule has 0 saturated carbocycles. The third-order valence-corrected chi connectivity index (χ3v) is 2.81. The maximum Gasteiger partial charge on any atom is 0.149 e. The number of aromatic nitrogens is 1. The Kier molecular flexibility index (Phi) is 2.83. The lowest BCUT2D eigenvalue weighted by atomic mass is 10.2. The maximum absolute atomic E-state index is 13.5. The Hall–Kier alpha value is -2.49. The summed E-state index contributed by atoms with van der Waals surface area (Å²) in [5.41, 5.74) is 1.84. The smallest absolute Gasteiger partial charge is 0.149 e. The minimum atomic E-state index is -0.619. The average molecular weight is 256 g/mol. The molecule has 4 heteroatoms. The topological polar surface area (TPSA) is 24.9 Å². The van der Waals surface area contributed by atoms with Crippen LogP contribution < -0.4 is 5.32 Å². The Morgan fingerprint density at radius 2 is 1.84 bits per heavy atom. The van der Waals surface area contributed by atoms with Crippen LogP contribution in [-0.4, -0.2) is 4.98 Å². The van der Waals surface area contributed by atoms with Gasteiger partial charge in [0.15, 0.2) is 0 Å². The van der Waals surface area contributed by atoms with Crippen LogP contribution in [0.3, 0.4) is 0 Å². The molecule has 1 N–H and O–H groups in total. The van der Waals surface area contributed by atoms with Gasteiger partial charge in [-0.25, -0.2) is 8.78 Å². The number of rotatable bonds is 2. The Bertz CT molecular complexity index is 741. The molecule has 0 atom stereocenters. The van der Waals surface area contributed by atoms with Crippen molar-refractivity contribution in [1.29, 1.82) is 0 Å². The largest absolute Gasteiger partial charge is 0.353 e. The first-order chi connectivity index (χ1) is 9.22. The van der Waals surface area contributed by atoms with Crippen molar-refractivity contribution in [3.05, 3.63) is 66.4 Å². The zero-order valence-corrected chi connectivity index (χ0v) is 9.90. The van der Waals surface area contributed by atoms with E-state index in [2.05, 4.69) is 10.3 Å². The summed E-state index contributed by atoms with van der Waals surface area (Å²) in [6, 6.07) is 12.7. The van der Waals surface area contributed by atoms with Gasteiger partial charge in [0.05, 0.1) is 11.2 Å². The zero-order valence-electron chi connectivity index (χ0n) is 9.90. The third-order valence-electron chi connectivity index (χ3n) is 2.81. The number of anilines is 2. The second kappa shape index (κ2) is 4.65. The van der Waals surface area contributed by atoms with Crippen LogP contribution in [0.2, 0.25) is 0 Å². The summed E-state index contributed by atoms with van der Waals surface area (Å²) in [5.74, 6) is -1.21. The second-order valence-corrected chi connectivity index (χ2v) is 4.16. The molecule has 19 heavy (non-hydrogen) atoms. The molecule has 2 aromatic carbocycles. The van der Waals surface area contributed by atoms with Gasteiger partial charge in [-0.1, -0.05) is 6.07 Å². The summed E-state index contributed by atoms with van der Waals surface area (Å²) in [6.45, 7) is 0. The van der Waals surface area contributed by atoms with Gasteiger partial charge in [-0.15, -0.1) is 0 Å². The molecule has 0 bridgehead atoms. The van der Waals surface area contributed by atoms with Gasteiger partial charge in [0.2, 0.25) is 0 Å². The zero-order chi connectivity index (χ0) is 13.2. The van der Waals surface area contributed by atoms with Crippen LogP contribution in [0.15, 0.2) is 54.7 Å². The predicted molar refractivity (Wildman–Crippen MR) is 71.4 cm³/mol. The Balaban J connectivity index is 1.96. The van der Waals surface area contributed by atoms with E-state index in [1.807, 2.05) is 24.3 Å². The molecule has 94 valence electrons. The molecule has 0 radical (unpaired) electrons. The van der Waals surface area contributed by atoms with Crippen LogP contribution in [0.4, 0.5) is 20.2 Å². The average Bonchev–Trinajstić information content (AvgIpc) is 2.42. The highest BCUT2D eigenvalue weighted by molar-refractivity contribution is 5.83. The molecule has 2 nitrogen and oxygen atoms in total. The highest BCUT2D eigenvalue weighted by atomic mass is 19.1. The summed E-state index contributed by atoms with van der Waals surface area (Å²) in [4.78, 5) is 4.21. The number of pyridine rings is 1. The number of nitrogens with zero attached hydrogens (tertiary/aromatic N) is 1. The van der Waals surface area contributed by atoms with Gasteiger partial charge in [-0.2, -0.15) is 0 Å². The fraction of sp³-hybridized carbons (Fsp3) is 0. The van der Waals surface area contributed by atoms with E-state index in [1.165, 1.54) is 12.1 Å². The van der Waals surface area contributed by atoms with E-state index in [-0.39, 0.29) is 5.69 Å². The summed E-state index contributed by atoms with van der Waals surface area (Å²) in [5, 5.41) is 3.88. The number of halogens is 2. The van der Waals surface area contributed by atoms with E-state index < -0.39 is 11.6 Å². The van der Waals surface area contributed by atoms with Crippen LogP contribution in [-0.2, 0) is 0 Å². The standard InChI is InChI=1S/C15H10F2N2/c16-11-3-5-15(13(17)9-11)19-12-4-6-14-10(8-12)2-1-7-18-14/h1-9,19H. The van der Waals surface area contributed by atoms with Gasteiger partial charge in [0.25, 0.3) is 0 Å². The lowest BCUT2D eigenvalue weighted by Gasteiger charge is -2.08. The van der Waals surface area contributed by atoms with Gasteiger partial charge in [-0.05, 0) is 36.4 Å². The Morgan fingerprint density at radius 3 is 2.68 bits per heavy atom. The van der Waals surface area contributed by atoms with Crippen molar-refractivity contribution in [2.75, 3.05) is 5.32 Å². The molecule has 3 aromatic rings. The van der Waals surface area contributed by atoms with Gasteiger partial charge in [0, 0.05) is 23.3 Å². The van der Waals surface area contributed by atoms with Crippen molar-refractivity contribution in [1.82, 2.24) is 4.98 Å². The highest BCUT2D eigenvalue weighted by Gasteiger charge is 2.04. The monoisotopic (exact) mass is 256 g/mol. The molecule has 0 amide bonds. The molecule has 0 saturated heterocycles. The van der Waals surface area contributed by atoms with Crippen molar-refractivity contribution >= 4 is 22.3 Å². The van der Waals surface area contributed by atoms with Crippen molar-refractivity contribution in [3.8, 4) is 0 Å². The summed E-state index contributed by atoms with van der Waals surface area (Å²) >= 11 is 0. The fourth-order valence-electron chi connectivity index (χ4n) is 1.90. The Morgan fingerprint density at radius 1 is 0.947 bits per heavy atom. The maximum atomic E-state index is 13.5. The molecule has 0 aliphatic carbocycles. The van der Waals surface area contributed by atoms with Crippen molar-refractivity contribution in [3.63, 3.8) is 0 Å². The SMILES string of the molecule is Fc1ccc(Nc2ccc3ncccc3c2)c(F)c1. The summed E-state index contributed by atoms with van der Waals surface area (Å²) in [7, 11) is 0. The minimum absolute atomic E-state index is 0.240. The van der Waals surface area contributed by atoms with Gasteiger partial charge in [0.1, 0.15) is 11.6 Å². The number of hydrogen-bond donors (Lipinski definition) is 1. The predicted octanol–water partition coefficient (Wildman–Crippen LogP) is 4.26. The van der Waals surface area contributed by atoms with Gasteiger partial charge < -0.3 is 5.32 Å². The highest BCUT2D eigenvalue weighted by Crippen LogP contribution is 2.23. The third kappa shape index (κ3) is 2.38. The number of fused-ring (bicyclic) bond motifs is 1. The summed E-state index contributed by atoms with van der Waals surface area (Å²) in [6.07, 6.45) is 1.72. The number of hydrogen-bond acceptors (Lipinski definition) is 2. The van der Waals surface area contributed by atoms with Crippen LogP contribution in [0, 0.1) is 11.6 Å². The van der Waals surface area contributed by atoms with Crippen molar-refractivity contribution in [2.45, 2.75) is 0 Å². The molecule has 1 aromatic heterocycles. The first-order valence-electron chi connectivity index (χ1n) is 5.79. The van der Waals surface area contributed by atoms with Gasteiger partial charge in [-0.3, -0.25) is 4.98 Å². The minimum Gasteiger partial charge on any atom is -0.353 e. The van der Waals surface area contributed by atoms with Crippen LogP contribution in [0.25, 0.3) is 10.9 Å². The van der Waals surface area contributed by atoms with E-state index in [4.69, 9.17) is 0 Å². The number of nitrogens with one attached hydrogen (secondary N) is 1. The van der Waals surface area contributed by atoms with E-state index in [0.717, 1.165) is 22.7 Å². The molecule has 0 spiro atoms. The van der Waals surface area contributed by atoms with E-state index in [0.29, 0.717) is 0 Å². The first kappa shape index (κ1) is 11.6. The normalized spacial score (nSPS) is 10.6. The second-order valence-electron chi connectivity index (χ2n) is 4.16. The van der Waals surface area contributed by atoms with E-state index in [1.54, 1.807) is 12.3 Å². The quantitative estimate of drug-likeness (QED) is 0.741. The number of benzene rings is 2. The molecule has 1 heterocycles. The van der Waals surface area contributed by atoms with Crippen LogP contribution in [0.5, 0.6) is 0 Å². The lowest BCUT2D eigenvalue weighted by Crippen LogP contribution is -1.94. The van der Waals surface area contributed by atoms with Crippen LogP contribution in [0.1, 0.15) is 0 Å². The first-order valence-corrected chi connectivity index (χ1v) is 5.79. The van der Waals surface area contributed by atoms with E-state index in [9.17, 15) is 8.78 Å². The van der Waals surface area contributed by atoms with Crippen molar-refractivity contribution in [2.24, 2.45) is 0 Å². The molecule has 0 unspecified atom stereocenters. The molecule has 3 rings (SSSR count). The molecule has 0 aliphatic heterocycles. The molecular weight excluding hydrogens is 246 g/mol. The summed E-state index contributed by atoms with van der Waals surface area (Å²) < 4.78 is 26.4. The lowest BCUT2D eigenvalue weighted by molar-refractivity contribution is 0.586. The fourth-order valence-corrected chi connectivity index (χ4v) is 1.90. The van der Waals surface area contributed by atoms with Crippen LogP contribution >= 0.6 is 0 Å². The molecular formula is C15H10F2N2. The molecule has 0 aliphatic rings. The molecule has 0 fully saturated rings.